The van der Waals surface area contributed by atoms with E-state index >= 15 is 0 Å². The summed E-state index contributed by atoms with van der Waals surface area (Å²) in [5.74, 6) is -0.761. The summed E-state index contributed by atoms with van der Waals surface area (Å²) in [6, 6.07) is 8.09. The molecule has 0 radical (unpaired) electrons. The SMILES string of the molecule is COc1ccc(C(=O)N(C)Cc2ccc(F)cc2F)c(OC)c1. The van der Waals surface area contributed by atoms with Gasteiger partial charge in [0.1, 0.15) is 23.1 Å². The molecule has 2 rings (SSSR count). The zero-order valence-electron chi connectivity index (χ0n) is 13.1. The van der Waals surface area contributed by atoms with E-state index < -0.39 is 11.6 Å². The van der Waals surface area contributed by atoms with Crippen LogP contribution in [0.3, 0.4) is 0 Å². The molecule has 0 saturated heterocycles. The summed E-state index contributed by atoms with van der Waals surface area (Å²) < 4.78 is 36.9. The fourth-order valence-electron chi connectivity index (χ4n) is 2.16. The van der Waals surface area contributed by atoms with Crippen LogP contribution in [-0.2, 0) is 6.54 Å². The molecular weight excluding hydrogens is 304 g/mol. The molecule has 0 aromatic heterocycles. The molecule has 23 heavy (non-hydrogen) atoms. The molecule has 122 valence electrons. The molecule has 0 aliphatic rings. The summed E-state index contributed by atoms with van der Waals surface area (Å²) in [7, 11) is 4.50. The standard InChI is InChI=1S/C17H17F2NO3/c1-20(10-11-4-5-12(18)8-15(11)19)17(21)14-7-6-13(22-2)9-16(14)23-3/h4-9H,10H2,1-3H3. The minimum Gasteiger partial charge on any atom is -0.497 e. The van der Waals surface area contributed by atoms with Crippen LogP contribution in [0.2, 0.25) is 0 Å². The molecule has 1 amide bonds. The highest BCUT2D eigenvalue weighted by molar-refractivity contribution is 5.97. The van der Waals surface area contributed by atoms with Crippen molar-refractivity contribution < 1.29 is 23.0 Å². The van der Waals surface area contributed by atoms with Crippen molar-refractivity contribution in [2.45, 2.75) is 6.54 Å². The van der Waals surface area contributed by atoms with Crippen molar-refractivity contribution >= 4 is 5.91 Å². The molecule has 2 aromatic carbocycles. The van der Waals surface area contributed by atoms with E-state index in [0.29, 0.717) is 17.1 Å². The van der Waals surface area contributed by atoms with Gasteiger partial charge >= 0.3 is 0 Å². The van der Waals surface area contributed by atoms with Crippen LogP contribution in [0.15, 0.2) is 36.4 Å². The lowest BCUT2D eigenvalue weighted by atomic mass is 10.1. The van der Waals surface area contributed by atoms with Gasteiger partial charge < -0.3 is 14.4 Å². The summed E-state index contributed by atoms with van der Waals surface area (Å²) >= 11 is 0. The Kier molecular flexibility index (Phi) is 5.16. The highest BCUT2D eigenvalue weighted by Crippen LogP contribution is 2.26. The number of halogens is 2. The second kappa shape index (κ2) is 7.09. The normalized spacial score (nSPS) is 10.3. The highest BCUT2D eigenvalue weighted by atomic mass is 19.1. The van der Waals surface area contributed by atoms with Crippen LogP contribution in [-0.4, -0.2) is 32.1 Å². The Hall–Kier alpha value is -2.63. The predicted octanol–water partition coefficient (Wildman–Crippen LogP) is 3.25. The highest BCUT2D eigenvalue weighted by Gasteiger charge is 2.18. The van der Waals surface area contributed by atoms with Gasteiger partial charge in [-0.3, -0.25) is 4.79 Å². The summed E-state index contributed by atoms with van der Waals surface area (Å²) in [6.45, 7) is 0.0140. The van der Waals surface area contributed by atoms with Crippen molar-refractivity contribution in [1.82, 2.24) is 4.90 Å². The van der Waals surface area contributed by atoms with Gasteiger partial charge in [-0.15, -0.1) is 0 Å². The van der Waals surface area contributed by atoms with Gasteiger partial charge in [0, 0.05) is 31.3 Å². The molecule has 2 aromatic rings. The maximum atomic E-state index is 13.7. The zero-order valence-corrected chi connectivity index (χ0v) is 13.1. The van der Waals surface area contributed by atoms with Gasteiger partial charge in [-0.05, 0) is 18.2 Å². The second-order valence-corrected chi connectivity index (χ2v) is 4.96. The molecular formula is C17H17F2NO3. The van der Waals surface area contributed by atoms with E-state index in [-0.39, 0.29) is 18.0 Å². The number of amides is 1. The van der Waals surface area contributed by atoms with Crippen molar-refractivity contribution in [3.63, 3.8) is 0 Å². The molecule has 0 atom stereocenters. The summed E-state index contributed by atoms with van der Waals surface area (Å²) in [5.41, 5.74) is 0.563. The Bertz CT molecular complexity index is 719. The Morgan fingerprint density at radius 3 is 2.43 bits per heavy atom. The van der Waals surface area contributed by atoms with Crippen LogP contribution in [0.5, 0.6) is 11.5 Å². The number of benzene rings is 2. The first kappa shape index (κ1) is 16.7. The maximum Gasteiger partial charge on any atom is 0.257 e. The minimum absolute atomic E-state index is 0.0140. The van der Waals surface area contributed by atoms with Crippen LogP contribution in [0.25, 0.3) is 0 Å². The van der Waals surface area contributed by atoms with Crippen LogP contribution in [0.4, 0.5) is 8.78 Å². The maximum absolute atomic E-state index is 13.7. The van der Waals surface area contributed by atoms with Crippen molar-refractivity contribution in [3.8, 4) is 11.5 Å². The summed E-state index contributed by atoms with van der Waals surface area (Å²) in [4.78, 5) is 13.8. The first-order valence-electron chi connectivity index (χ1n) is 6.87. The number of carbonyl (C=O) groups is 1. The van der Waals surface area contributed by atoms with Gasteiger partial charge in [-0.2, -0.15) is 0 Å². The zero-order chi connectivity index (χ0) is 17.0. The Labute approximate surface area is 133 Å². The van der Waals surface area contributed by atoms with Crippen molar-refractivity contribution in [2.75, 3.05) is 21.3 Å². The monoisotopic (exact) mass is 321 g/mol. The molecule has 0 bridgehead atoms. The molecule has 0 aliphatic heterocycles. The van der Waals surface area contributed by atoms with Gasteiger partial charge in [0.2, 0.25) is 0 Å². The third-order valence-corrected chi connectivity index (χ3v) is 3.41. The third-order valence-electron chi connectivity index (χ3n) is 3.41. The molecule has 6 heteroatoms. The molecule has 0 N–H and O–H groups in total. The number of rotatable bonds is 5. The number of hydrogen-bond donors (Lipinski definition) is 0. The molecule has 0 aliphatic carbocycles. The van der Waals surface area contributed by atoms with Crippen molar-refractivity contribution in [3.05, 3.63) is 59.2 Å². The van der Waals surface area contributed by atoms with E-state index in [1.807, 2.05) is 0 Å². The van der Waals surface area contributed by atoms with Crippen LogP contribution < -0.4 is 9.47 Å². The third kappa shape index (κ3) is 3.77. The lowest BCUT2D eigenvalue weighted by Gasteiger charge is -2.19. The molecule has 4 nitrogen and oxygen atoms in total. The Morgan fingerprint density at radius 2 is 1.83 bits per heavy atom. The molecule has 0 spiro atoms. The summed E-state index contributed by atoms with van der Waals surface area (Å²) in [6.07, 6.45) is 0. The van der Waals surface area contributed by atoms with E-state index in [0.717, 1.165) is 12.1 Å². The molecule has 0 saturated carbocycles. The van der Waals surface area contributed by atoms with Crippen LogP contribution >= 0.6 is 0 Å². The number of hydrogen-bond acceptors (Lipinski definition) is 3. The topological polar surface area (TPSA) is 38.8 Å². The van der Waals surface area contributed by atoms with E-state index in [4.69, 9.17) is 9.47 Å². The average molecular weight is 321 g/mol. The van der Waals surface area contributed by atoms with Crippen molar-refractivity contribution in [2.24, 2.45) is 0 Å². The van der Waals surface area contributed by atoms with Crippen LogP contribution in [0.1, 0.15) is 15.9 Å². The van der Waals surface area contributed by atoms with Gasteiger partial charge in [-0.25, -0.2) is 8.78 Å². The van der Waals surface area contributed by atoms with Crippen molar-refractivity contribution in [1.29, 1.82) is 0 Å². The first-order valence-corrected chi connectivity index (χ1v) is 6.87. The van der Waals surface area contributed by atoms with Gasteiger partial charge in [-0.1, -0.05) is 6.07 Å². The number of nitrogens with zero attached hydrogens (tertiary/aromatic N) is 1. The van der Waals surface area contributed by atoms with E-state index in [1.165, 1.54) is 32.2 Å². The van der Waals surface area contributed by atoms with Gasteiger partial charge in [0.05, 0.1) is 19.8 Å². The van der Waals surface area contributed by atoms with E-state index in [9.17, 15) is 13.6 Å². The molecule has 0 fully saturated rings. The van der Waals surface area contributed by atoms with Gasteiger partial charge in [0.15, 0.2) is 0 Å². The largest absolute Gasteiger partial charge is 0.497 e. The predicted molar refractivity (Wildman–Crippen MR) is 81.7 cm³/mol. The average Bonchev–Trinajstić information content (AvgIpc) is 2.55. The Morgan fingerprint density at radius 1 is 1.09 bits per heavy atom. The summed E-state index contributed by atoms with van der Waals surface area (Å²) in [5, 5.41) is 0. The number of carbonyl (C=O) groups excluding carboxylic acids is 1. The quantitative estimate of drug-likeness (QED) is 0.848. The second-order valence-electron chi connectivity index (χ2n) is 4.96. The fraction of sp³-hybridized carbons (Fsp3) is 0.235. The van der Waals surface area contributed by atoms with E-state index in [2.05, 4.69) is 0 Å². The lowest BCUT2D eigenvalue weighted by Crippen LogP contribution is -2.27. The number of methoxy groups -OCH3 is 2. The smallest absolute Gasteiger partial charge is 0.257 e. The Balaban J connectivity index is 2.22. The minimum atomic E-state index is -0.689. The fourth-order valence-corrected chi connectivity index (χ4v) is 2.16. The number of ether oxygens (including phenoxy) is 2. The molecule has 0 heterocycles. The first-order chi connectivity index (χ1) is 11.0. The van der Waals surface area contributed by atoms with Gasteiger partial charge in [0.25, 0.3) is 5.91 Å². The lowest BCUT2D eigenvalue weighted by molar-refractivity contribution is 0.0780. The molecule has 0 unspecified atom stereocenters. The van der Waals surface area contributed by atoms with Crippen LogP contribution in [0, 0.1) is 11.6 Å². The van der Waals surface area contributed by atoms with E-state index in [1.54, 1.807) is 18.2 Å².